The maximum atomic E-state index is 13.0. The highest BCUT2D eigenvalue weighted by Gasteiger charge is 2.66. The monoisotopic (exact) mass is 370 g/mol. The molecule has 2 aliphatic heterocycles. The van der Waals surface area contributed by atoms with E-state index in [0.29, 0.717) is 0 Å². The number of esters is 3. The Morgan fingerprint density at radius 3 is 2.19 bits per heavy atom. The van der Waals surface area contributed by atoms with Crippen LogP contribution in [-0.4, -0.2) is 63.0 Å². The van der Waals surface area contributed by atoms with Crippen molar-refractivity contribution in [1.29, 1.82) is 0 Å². The zero-order valence-corrected chi connectivity index (χ0v) is 15.3. The lowest BCUT2D eigenvalue weighted by Crippen LogP contribution is -2.52. The Balaban J connectivity index is 2.74. The molecule has 0 N–H and O–H groups in total. The summed E-state index contributed by atoms with van der Waals surface area (Å²) in [7, 11) is 3.43. The molecular weight excluding hydrogens is 348 g/mol. The average molecular weight is 370 g/mol. The second kappa shape index (κ2) is 7.16. The van der Waals surface area contributed by atoms with Gasteiger partial charge in [0.25, 0.3) is 0 Å². The van der Waals surface area contributed by atoms with Gasteiger partial charge in [-0.25, -0.2) is 0 Å². The lowest BCUT2D eigenvalue weighted by molar-refractivity contribution is -0.246. The molecule has 0 radical (unpaired) electrons. The van der Waals surface area contributed by atoms with Crippen molar-refractivity contribution in [1.82, 2.24) is 0 Å². The third-order valence-electron chi connectivity index (χ3n) is 4.72. The van der Waals surface area contributed by atoms with E-state index in [1.165, 1.54) is 26.2 Å². The molecule has 2 rings (SSSR count). The summed E-state index contributed by atoms with van der Waals surface area (Å²) in [6, 6.07) is 0. The average Bonchev–Trinajstić information content (AvgIpc) is 2.95. The number of fused-ring (bicyclic) bond motifs is 2. The van der Waals surface area contributed by atoms with Gasteiger partial charge in [0, 0.05) is 7.11 Å². The normalized spacial score (nSPS) is 35.6. The summed E-state index contributed by atoms with van der Waals surface area (Å²) in [5.41, 5.74) is -1.58. The quantitative estimate of drug-likeness (QED) is 0.286. The molecule has 0 spiro atoms. The molecule has 2 unspecified atom stereocenters. The third kappa shape index (κ3) is 2.90. The Labute approximate surface area is 150 Å². The Bertz CT molecular complexity index is 655. The predicted molar refractivity (Wildman–Crippen MR) is 84.5 cm³/mol. The predicted octanol–water partition coefficient (Wildman–Crippen LogP) is 0.0146. The number of ketones is 1. The summed E-state index contributed by atoms with van der Waals surface area (Å²) >= 11 is 0. The topological polar surface area (TPSA) is 114 Å². The summed E-state index contributed by atoms with van der Waals surface area (Å²) in [5.74, 6) is -9.89. The molecule has 0 aromatic carbocycles. The minimum Gasteiger partial charge on any atom is -0.469 e. The van der Waals surface area contributed by atoms with Crippen LogP contribution < -0.4 is 0 Å². The van der Waals surface area contributed by atoms with E-state index in [0.717, 1.165) is 14.2 Å². The molecule has 1 fully saturated rings. The highest BCUT2D eigenvalue weighted by Crippen LogP contribution is 2.49. The van der Waals surface area contributed by atoms with Gasteiger partial charge in [-0.1, -0.05) is 0 Å². The molecule has 9 heteroatoms. The van der Waals surface area contributed by atoms with Crippen molar-refractivity contribution < 1.29 is 42.9 Å². The molecule has 2 heterocycles. The molecule has 2 bridgehead atoms. The van der Waals surface area contributed by atoms with E-state index < -0.39 is 52.8 Å². The molecule has 0 aromatic rings. The van der Waals surface area contributed by atoms with E-state index in [1.54, 1.807) is 6.92 Å². The molecule has 0 aromatic heterocycles. The van der Waals surface area contributed by atoms with E-state index in [1.807, 2.05) is 0 Å². The first-order valence-electron chi connectivity index (χ1n) is 8.03. The minimum atomic E-state index is -1.77. The van der Waals surface area contributed by atoms with Gasteiger partial charge in [-0.05, 0) is 26.0 Å². The van der Waals surface area contributed by atoms with Crippen LogP contribution in [0.5, 0.6) is 0 Å². The van der Waals surface area contributed by atoms with Crippen LogP contribution in [0.1, 0.15) is 13.8 Å². The zero-order chi connectivity index (χ0) is 19.7. The van der Waals surface area contributed by atoms with Crippen LogP contribution in [0.25, 0.3) is 0 Å². The van der Waals surface area contributed by atoms with E-state index >= 15 is 0 Å². The van der Waals surface area contributed by atoms with Gasteiger partial charge in [-0.15, -0.1) is 0 Å². The number of hydrogen-bond acceptors (Lipinski definition) is 9. The summed E-state index contributed by atoms with van der Waals surface area (Å²) in [6.07, 6.45) is 2.78. The van der Waals surface area contributed by atoms with Crippen LogP contribution in [0.3, 0.4) is 0 Å². The number of carbonyl (C=O) groups is 4. The van der Waals surface area contributed by atoms with Gasteiger partial charge in [0.15, 0.2) is 5.78 Å². The molecule has 1 saturated heterocycles. The van der Waals surface area contributed by atoms with Crippen LogP contribution in [0, 0.1) is 17.8 Å². The number of methoxy groups -OCH3 is 3. The maximum Gasteiger partial charge on any atom is 0.317 e. The van der Waals surface area contributed by atoms with E-state index in [4.69, 9.17) is 23.7 Å². The summed E-state index contributed by atoms with van der Waals surface area (Å²) in [5, 5.41) is 0. The number of hydrogen-bond donors (Lipinski definition) is 0. The summed E-state index contributed by atoms with van der Waals surface area (Å²) in [6.45, 7) is 3.02. The fraction of sp³-hybridized carbons (Fsp3) is 0.647. The highest BCUT2D eigenvalue weighted by molar-refractivity contribution is 6.08. The summed E-state index contributed by atoms with van der Waals surface area (Å²) < 4.78 is 25.7. The Morgan fingerprint density at radius 2 is 1.69 bits per heavy atom. The standard InChI is InChI=1S/C17H22O9/c1-6-25-15(21)11-9(13(19)22-3)10(14(20)23-4)12(18)16(2)7-8-17(11,24-5)26-16/h7-11H,6H2,1-5H3/t9?,10?,11-,16-,17+/m0/s1. The van der Waals surface area contributed by atoms with Crippen molar-refractivity contribution in [2.24, 2.45) is 17.8 Å². The van der Waals surface area contributed by atoms with Crippen LogP contribution in [0.4, 0.5) is 0 Å². The van der Waals surface area contributed by atoms with Gasteiger partial charge in [-0.2, -0.15) is 0 Å². The Kier molecular flexibility index (Phi) is 5.52. The van der Waals surface area contributed by atoms with Crippen molar-refractivity contribution in [2.75, 3.05) is 27.9 Å². The van der Waals surface area contributed by atoms with E-state index in [9.17, 15) is 19.2 Å². The second-order valence-corrected chi connectivity index (χ2v) is 6.11. The van der Waals surface area contributed by atoms with Gasteiger partial charge in [0.1, 0.15) is 17.4 Å². The molecule has 144 valence electrons. The van der Waals surface area contributed by atoms with Gasteiger partial charge in [0.2, 0.25) is 5.79 Å². The van der Waals surface area contributed by atoms with Crippen LogP contribution in [0.15, 0.2) is 12.2 Å². The van der Waals surface area contributed by atoms with E-state index in [2.05, 4.69) is 0 Å². The molecule has 9 nitrogen and oxygen atoms in total. The number of ether oxygens (including phenoxy) is 5. The van der Waals surface area contributed by atoms with Crippen LogP contribution >= 0.6 is 0 Å². The number of rotatable bonds is 5. The fourth-order valence-corrected chi connectivity index (χ4v) is 3.46. The molecule has 0 aliphatic carbocycles. The molecule has 0 amide bonds. The Hall–Kier alpha value is -2.26. The molecular formula is C17H22O9. The summed E-state index contributed by atoms with van der Waals surface area (Å²) in [4.78, 5) is 50.7. The van der Waals surface area contributed by atoms with Crippen molar-refractivity contribution in [2.45, 2.75) is 25.2 Å². The second-order valence-electron chi connectivity index (χ2n) is 6.11. The van der Waals surface area contributed by atoms with Gasteiger partial charge >= 0.3 is 17.9 Å². The molecule has 2 aliphatic rings. The highest BCUT2D eigenvalue weighted by atomic mass is 16.7. The third-order valence-corrected chi connectivity index (χ3v) is 4.72. The zero-order valence-electron chi connectivity index (χ0n) is 15.3. The lowest BCUT2D eigenvalue weighted by Gasteiger charge is -2.36. The van der Waals surface area contributed by atoms with Gasteiger partial charge in [-0.3, -0.25) is 19.2 Å². The first-order chi connectivity index (χ1) is 12.2. The smallest absolute Gasteiger partial charge is 0.317 e. The number of Topliss-reactive ketones (excluding diaryl/α,β-unsaturated/α-hetero) is 1. The van der Waals surface area contributed by atoms with Gasteiger partial charge < -0.3 is 23.7 Å². The van der Waals surface area contributed by atoms with Crippen molar-refractivity contribution in [3.8, 4) is 0 Å². The lowest BCUT2D eigenvalue weighted by atomic mass is 9.72. The number of carbonyl (C=O) groups excluding carboxylic acids is 4. The van der Waals surface area contributed by atoms with Crippen LogP contribution in [0.2, 0.25) is 0 Å². The van der Waals surface area contributed by atoms with E-state index in [-0.39, 0.29) is 6.61 Å². The molecule has 26 heavy (non-hydrogen) atoms. The Morgan fingerprint density at radius 1 is 1.08 bits per heavy atom. The molecule has 5 atom stereocenters. The molecule has 0 saturated carbocycles. The minimum absolute atomic E-state index is 0.0147. The largest absolute Gasteiger partial charge is 0.469 e. The first-order valence-corrected chi connectivity index (χ1v) is 8.03. The van der Waals surface area contributed by atoms with Crippen molar-refractivity contribution in [3.05, 3.63) is 12.2 Å². The SMILES string of the molecule is CCOC(=O)[C@@H]1C(C(=O)OC)C(C(=O)OC)C(=O)[C@]2(C)C=C[C@@]1(OC)O2. The maximum absolute atomic E-state index is 13.0. The van der Waals surface area contributed by atoms with Gasteiger partial charge in [0.05, 0.1) is 26.7 Å². The van der Waals surface area contributed by atoms with Crippen molar-refractivity contribution >= 4 is 23.7 Å². The fourth-order valence-electron chi connectivity index (χ4n) is 3.46. The van der Waals surface area contributed by atoms with Crippen molar-refractivity contribution in [3.63, 3.8) is 0 Å². The first kappa shape index (κ1) is 20.1. The van der Waals surface area contributed by atoms with Crippen LogP contribution in [-0.2, 0) is 42.9 Å².